The number of oxazole rings is 1. The van der Waals surface area contributed by atoms with Crippen molar-refractivity contribution in [2.45, 2.75) is 6.92 Å². The maximum absolute atomic E-state index is 11.3. The molecule has 15 heavy (non-hydrogen) atoms. The molecule has 0 atom stereocenters. The molecule has 0 spiro atoms. The zero-order chi connectivity index (χ0) is 11.0. The van der Waals surface area contributed by atoms with Crippen LogP contribution in [-0.4, -0.2) is 10.4 Å². The number of ketones is 1. The average Bonchev–Trinajstić information content (AvgIpc) is 2.51. The Morgan fingerprint density at radius 2 is 2.27 bits per heavy atom. The van der Waals surface area contributed by atoms with Gasteiger partial charge in [-0.05, 0) is 25.1 Å². The van der Waals surface area contributed by atoms with Gasteiger partial charge in [0.2, 0.25) is 0 Å². The number of nitrogens with zero attached hydrogens (tertiary/aromatic N) is 1. The number of hydrogen-bond donors (Lipinski definition) is 0. The van der Waals surface area contributed by atoms with Gasteiger partial charge in [-0.2, -0.15) is 0 Å². The van der Waals surface area contributed by atoms with Gasteiger partial charge in [-0.3, -0.25) is 4.79 Å². The van der Waals surface area contributed by atoms with Crippen molar-refractivity contribution in [3.05, 3.63) is 40.9 Å². The fourth-order valence-electron chi connectivity index (χ4n) is 1.43. The summed E-state index contributed by atoms with van der Waals surface area (Å²) in [4.78, 5) is 22.4. The molecule has 0 N–H and O–H groups in total. The van der Waals surface area contributed by atoms with E-state index in [1.165, 1.54) is 17.7 Å². The van der Waals surface area contributed by atoms with E-state index < -0.39 is 5.76 Å². The van der Waals surface area contributed by atoms with Crippen LogP contribution >= 0.6 is 0 Å². The number of hydrogen-bond acceptors (Lipinski definition) is 3. The Morgan fingerprint density at radius 1 is 1.53 bits per heavy atom. The summed E-state index contributed by atoms with van der Waals surface area (Å²) in [6.07, 6.45) is 1.38. The van der Waals surface area contributed by atoms with E-state index in [2.05, 4.69) is 6.58 Å². The number of carbonyl (C=O) groups is 1. The Bertz CT molecular complexity index is 604. The summed E-state index contributed by atoms with van der Waals surface area (Å²) in [7, 11) is 0. The number of carbonyl (C=O) groups excluding carboxylic acids is 1. The molecule has 76 valence electrons. The summed E-state index contributed by atoms with van der Waals surface area (Å²) in [5.74, 6) is -0.563. The Balaban J connectivity index is 2.80. The fraction of sp³-hybridized carbons (Fsp3) is 0.0909. The summed E-state index contributed by atoms with van der Waals surface area (Å²) >= 11 is 0. The molecule has 4 nitrogen and oxygen atoms in total. The number of Topliss-reactive ketones (excluding diaryl/α,β-unsaturated/α-hetero) is 1. The smallest absolute Gasteiger partial charge is 0.407 e. The van der Waals surface area contributed by atoms with Gasteiger partial charge in [0, 0.05) is 11.8 Å². The maximum Gasteiger partial charge on any atom is 0.424 e. The monoisotopic (exact) mass is 203 g/mol. The highest BCUT2D eigenvalue weighted by molar-refractivity contribution is 5.97. The lowest BCUT2D eigenvalue weighted by Gasteiger charge is -1.95. The van der Waals surface area contributed by atoms with Crippen LogP contribution in [0, 0.1) is 0 Å². The third-order valence-corrected chi connectivity index (χ3v) is 2.20. The van der Waals surface area contributed by atoms with Crippen molar-refractivity contribution in [3.63, 3.8) is 0 Å². The van der Waals surface area contributed by atoms with Crippen LogP contribution in [0.15, 0.2) is 34.0 Å². The van der Waals surface area contributed by atoms with Gasteiger partial charge in [-0.1, -0.05) is 6.58 Å². The zero-order valence-electron chi connectivity index (χ0n) is 8.19. The molecule has 0 aliphatic rings. The standard InChI is InChI=1S/C11H9NO3/c1-3-12-9-5-4-8(7(2)13)6-10(9)15-11(12)14/h3-6H,1H2,2H3. The average molecular weight is 203 g/mol. The van der Waals surface area contributed by atoms with Crippen LogP contribution in [0.25, 0.3) is 17.3 Å². The Morgan fingerprint density at radius 3 is 2.87 bits per heavy atom. The maximum atomic E-state index is 11.3. The second kappa shape index (κ2) is 3.24. The van der Waals surface area contributed by atoms with E-state index in [9.17, 15) is 9.59 Å². The first-order valence-corrected chi connectivity index (χ1v) is 4.42. The lowest BCUT2D eigenvalue weighted by molar-refractivity contribution is 0.101. The second-order valence-corrected chi connectivity index (χ2v) is 3.16. The van der Waals surface area contributed by atoms with E-state index in [1.807, 2.05) is 0 Å². The number of aromatic nitrogens is 1. The first kappa shape index (κ1) is 9.45. The molecule has 1 aromatic heterocycles. The van der Waals surface area contributed by atoms with E-state index in [4.69, 9.17) is 4.42 Å². The van der Waals surface area contributed by atoms with Gasteiger partial charge < -0.3 is 4.42 Å². The number of fused-ring (bicyclic) bond motifs is 1. The van der Waals surface area contributed by atoms with Crippen molar-refractivity contribution in [1.82, 2.24) is 4.57 Å². The highest BCUT2D eigenvalue weighted by atomic mass is 16.4. The van der Waals surface area contributed by atoms with Crippen LogP contribution in [-0.2, 0) is 0 Å². The Labute approximate surface area is 85.4 Å². The van der Waals surface area contributed by atoms with Crippen LogP contribution < -0.4 is 5.76 Å². The molecule has 0 aliphatic heterocycles. The zero-order valence-corrected chi connectivity index (χ0v) is 8.19. The van der Waals surface area contributed by atoms with Gasteiger partial charge in [-0.15, -0.1) is 0 Å². The first-order valence-electron chi connectivity index (χ1n) is 4.42. The molecule has 0 amide bonds. The van der Waals surface area contributed by atoms with Gasteiger partial charge in [0.15, 0.2) is 11.4 Å². The fourth-order valence-corrected chi connectivity index (χ4v) is 1.43. The molecular weight excluding hydrogens is 194 g/mol. The SMILES string of the molecule is C=Cn1c(=O)oc2cc(C(C)=O)ccc21. The largest absolute Gasteiger partial charge is 0.424 e. The topological polar surface area (TPSA) is 52.2 Å². The van der Waals surface area contributed by atoms with Crippen LogP contribution in [0.2, 0.25) is 0 Å². The minimum absolute atomic E-state index is 0.0640. The molecule has 0 saturated carbocycles. The molecule has 1 heterocycles. The van der Waals surface area contributed by atoms with Crippen molar-refractivity contribution >= 4 is 23.1 Å². The second-order valence-electron chi connectivity index (χ2n) is 3.16. The van der Waals surface area contributed by atoms with Crippen LogP contribution in [0.4, 0.5) is 0 Å². The van der Waals surface area contributed by atoms with Gasteiger partial charge in [0.1, 0.15) is 0 Å². The predicted octanol–water partition coefficient (Wildman–Crippen LogP) is 1.90. The normalized spacial score (nSPS) is 10.5. The highest BCUT2D eigenvalue weighted by Gasteiger charge is 2.08. The Hall–Kier alpha value is -2.10. The van der Waals surface area contributed by atoms with E-state index in [0.717, 1.165) is 0 Å². The summed E-state index contributed by atoms with van der Waals surface area (Å²) in [5.41, 5.74) is 1.53. The van der Waals surface area contributed by atoms with Crippen molar-refractivity contribution in [2.24, 2.45) is 0 Å². The lowest BCUT2D eigenvalue weighted by Crippen LogP contribution is -2.06. The molecule has 0 saturated heterocycles. The molecule has 0 unspecified atom stereocenters. The molecule has 0 radical (unpaired) electrons. The van der Waals surface area contributed by atoms with Crippen LogP contribution in [0.5, 0.6) is 0 Å². The van der Waals surface area contributed by atoms with Crippen molar-refractivity contribution < 1.29 is 9.21 Å². The third-order valence-electron chi connectivity index (χ3n) is 2.20. The van der Waals surface area contributed by atoms with E-state index in [1.54, 1.807) is 18.2 Å². The summed E-state index contributed by atoms with van der Waals surface area (Å²) < 4.78 is 6.26. The van der Waals surface area contributed by atoms with Gasteiger partial charge in [0.25, 0.3) is 0 Å². The van der Waals surface area contributed by atoms with Crippen molar-refractivity contribution in [3.8, 4) is 0 Å². The van der Waals surface area contributed by atoms with E-state index in [0.29, 0.717) is 16.7 Å². The minimum atomic E-state index is -0.499. The van der Waals surface area contributed by atoms with Crippen LogP contribution in [0.3, 0.4) is 0 Å². The van der Waals surface area contributed by atoms with Crippen molar-refractivity contribution in [2.75, 3.05) is 0 Å². The van der Waals surface area contributed by atoms with Gasteiger partial charge >= 0.3 is 5.76 Å². The van der Waals surface area contributed by atoms with Crippen molar-refractivity contribution in [1.29, 1.82) is 0 Å². The molecular formula is C11H9NO3. The summed E-state index contributed by atoms with van der Waals surface area (Å²) in [5, 5.41) is 0. The molecule has 2 rings (SSSR count). The number of rotatable bonds is 2. The highest BCUT2D eigenvalue weighted by Crippen LogP contribution is 2.15. The van der Waals surface area contributed by atoms with Crippen LogP contribution in [0.1, 0.15) is 17.3 Å². The summed E-state index contributed by atoms with van der Waals surface area (Å²) in [6.45, 7) is 4.97. The Kier molecular flexibility index (Phi) is 2.04. The third kappa shape index (κ3) is 1.40. The predicted molar refractivity (Wildman–Crippen MR) is 56.9 cm³/mol. The van der Waals surface area contributed by atoms with Gasteiger partial charge in [0.05, 0.1) is 5.52 Å². The van der Waals surface area contributed by atoms with E-state index in [-0.39, 0.29) is 5.78 Å². The molecule has 0 fully saturated rings. The quantitative estimate of drug-likeness (QED) is 0.700. The van der Waals surface area contributed by atoms with Gasteiger partial charge in [-0.25, -0.2) is 9.36 Å². The minimum Gasteiger partial charge on any atom is -0.407 e. The first-order chi connectivity index (χ1) is 7.13. The molecule has 0 bridgehead atoms. The molecule has 0 aliphatic carbocycles. The number of benzene rings is 1. The summed E-state index contributed by atoms with van der Waals surface area (Å²) in [6, 6.07) is 4.87. The molecule has 2 aromatic rings. The van der Waals surface area contributed by atoms with E-state index >= 15 is 0 Å². The lowest BCUT2D eigenvalue weighted by atomic mass is 10.1. The molecule has 1 aromatic carbocycles. The molecule has 4 heteroatoms.